The Kier molecular flexibility index (Phi) is 7.49. The van der Waals surface area contributed by atoms with Gasteiger partial charge in [0.05, 0.1) is 18.2 Å². The molecule has 0 unspecified atom stereocenters. The predicted molar refractivity (Wildman–Crippen MR) is 132 cm³/mol. The van der Waals surface area contributed by atoms with Crippen LogP contribution in [-0.4, -0.2) is 48.3 Å². The van der Waals surface area contributed by atoms with E-state index >= 15 is 0 Å². The quantitative estimate of drug-likeness (QED) is 0.407. The van der Waals surface area contributed by atoms with Crippen LogP contribution in [-0.2, 0) is 14.3 Å². The monoisotopic (exact) mass is 528 g/mol. The maximum absolute atomic E-state index is 13.1. The van der Waals surface area contributed by atoms with Gasteiger partial charge in [-0.25, -0.2) is 4.68 Å². The lowest BCUT2D eigenvalue weighted by Crippen LogP contribution is -2.42. The highest BCUT2D eigenvalue weighted by molar-refractivity contribution is 9.10. The lowest BCUT2D eigenvalue weighted by Gasteiger charge is -2.14. The van der Waals surface area contributed by atoms with Gasteiger partial charge in [0, 0.05) is 28.7 Å². The van der Waals surface area contributed by atoms with E-state index in [1.807, 2.05) is 13.0 Å². The Bertz CT molecular complexity index is 1200. The third-order valence-electron chi connectivity index (χ3n) is 5.35. The molecule has 1 atom stereocenters. The van der Waals surface area contributed by atoms with E-state index in [9.17, 15) is 14.4 Å². The largest absolute Gasteiger partial charge is 0.494 e. The Morgan fingerprint density at radius 2 is 1.91 bits per heavy atom. The summed E-state index contributed by atoms with van der Waals surface area (Å²) in [6.07, 6.45) is 1.69. The zero-order valence-corrected chi connectivity index (χ0v) is 20.2. The van der Waals surface area contributed by atoms with Gasteiger partial charge in [-0.2, -0.15) is 0 Å². The van der Waals surface area contributed by atoms with Crippen molar-refractivity contribution in [2.75, 3.05) is 30.5 Å². The smallest absolute Gasteiger partial charge is 0.328 e. The molecule has 0 aliphatic carbocycles. The van der Waals surface area contributed by atoms with Gasteiger partial charge in [0.2, 0.25) is 0 Å². The van der Waals surface area contributed by atoms with Crippen LogP contribution >= 0.6 is 15.9 Å². The number of carbonyl (C=O) groups is 3. The van der Waals surface area contributed by atoms with Gasteiger partial charge in [0.1, 0.15) is 11.4 Å². The van der Waals surface area contributed by atoms with Crippen molar-refractivity contribution in [3.63, 3.8) is 0 Å². The van der Waals surface area contributed by atoms with Crippen molar-refractivity contribution in [3.05, 3.63) is 58.7 Å². The molecule has 178 valence electrons. The van der Waals surface area contributed by atoms with Crippen molar-refractivity contribution >= 4 is 50.2 Å². The predicted octanol–water partition coefficient (Wildman–Crippen LogP) is 3.42. The Morgan fingerprint density at radius 3 is 2.62 bits per heavy atom. The van der Waals surface area contributed by atoms with Crippen LogP contribution < -0.4 is 20.8 Å². The fourth-order valence-corrected chi connectivity index (χ4v) is 4.09. The number of anilines is 1. The summed E-state index contributed by atoms with van der Waals surface area (Å²) in [5.74, 6) is -1.43. The minimum Gasteiger partial charge on any atom is -0.494 e. The van der Waals surface area contributed by atoms with Gasteiger partial charge in [0.25, 0.3) is 5.91 Å². The summed E-state index contributed by atoms with van der Waals surface area (Å²) in [4.78, 5) is 38.1. The maximum Gasteiger partial charge on any atom is 0.328 e. The number of aromatic nitrogens is 1. The lowest BCUT2D eigenvalue weighted by atomic mass is 10.2. The van der Waals surface area contributed by atoms with Crippen molar-refractivity contribution in [3.8, 4) is 5.75 Å². The normalized spacial score (nSPS) is 15.2. The van der Waals surface area contributed by atoms with E-state index in [0.717, 1.165) is 17.3 Å². The Balaban J connectivity index is 1.53. The van der Waals surface area contributed by atoms with Crippen LogP contribution in [0.5, 0.6) is 5.75 Å². The van der Waals surface area contributed by atoms with Crippen LogP contribution in [0.3, 0.4) is 0 Å². The summed E-state index contributed by atoms with van der Waals surface area (Å²) in [6.45, 7) is 3.35. The second-order valence-corrected chi connectivity index (χ2v) is 8.68. The molecule has 0 radical (unpaired) electrons. The number of fused-ring (bicyclic) bond motifs is 1. The molecule has 1 aromatic heterocycles. The number of carbonyl (C=O) groups excluding carboxylic acids is 3. The van der Waals surface area contributed by atoms with Gasteiger partial charge in [-0.3, -0.25) is 19.8 Å². The average Bonchev–Trinajstić information content (AvgIpc) is 3.47. The van der Waals surface area contributed by atoms with Gasteiger partial charge >= 0.3 is 11.8 Å². The fraction of sp³-hybridized carbons (Fsp3) is 0.292. The van der Waals surface area contributed by atoms with Crippen molar-refractivity contribution < 1.29 is 23.9 Å². The first-order valence-corrected chi connectivity index (χ1v) is 11.8. The molecule has 1 saturated heterocycles. The van der Waals surface area contributed by atoms with Crippen molar-refractivity contribution in [2.24, 2.45) is 0 Å². The molecule has 1 aliphatic rings. The van der Waals surface area contributed by atoms with Crippen LogP contribution in [0.1, 0.15) is 30.3 Å². The van der Waals surface area contributed by atoms with E-state index in [4.69, 9.17) is 9.47 Å². The lowest BCUT2D eigenvalue weighted by molar-refractivity contribution is -0.136. The first kappa shape index (κ1) is 23.8. The van der Waals surface area contributed by atoms with E-state index in [2.05, 4.69) is 32.0 Å². The number of amides is 3. The zero-order chi connectivity index (χ0) is 24.1. The highest BCUT2D eigenvalue weighted by Gasteiger charge is 2.23. The molecule has 2 aromatic carbocycles. The number of ether oxygens (including phenoxy) is 2. The third-order valence-corrected chi connectivity index (χ3v) is 5.85. The van der Waals surface area contributed by atoms with E-state index < -0.39 is 17.7 Å². The fourth-order valence-electron chi connectivity index (χ4n) is 3.71. The van der Waals surface area contributed by atoms with Crippen molar-refractivity contribution in [1.29, 1.82) is 0 Å². The van der Waals surface area contributed by atoms with Gasteiger partial charge in [-0.05, 0) is 68.3 Å². The molecule has 0 saturated carbocycles. The topological polar surface area (TPSA) is 111 Å². The molecule has 3 amide bonds. The maximum atomic E-state index is 13.1. The molecule has 4 rings (SSSR count). The summed E-state index contributed by atoms with van der Waals surface area (Å²) < 4.78 is 13.0. The van der Waals surface area contributed by atoms with Gasteiger partial charge in [-0.15, -0.1) is 0 Å². The summed E-state index contributed by atoms with van der Waals surface area (Å²) in [6, 6.07) is 14.0. The number of nitrogens with one attached hydrogen (secondary N) is 3. The molecular formula is C24H25BrN4O5. The number of hydrogen-bond acceptors (Lipinski definition) is 5. The Morgan fingerprint density at radius 1 is 1.12 bits per heavy atom. The first-order chi connectivity index (χ1) is 16.4. The molecule has 1 aliphatic heterocycles. The Labute approximate surface area is 204 Å². The Hall–Kier alpha value is -3.37. The molecular weight excluding hydrogens is 504 g/mol. The molecule has 2 heterocycles. The SMILES string of the molecule is CCOc1ccc(NC(=O)c2cc3cc(Br)ccc3n2NC(=O)C(=O)NC[C@H]2CCCO2)cc1. The van der Waals surface area contributed by atoms with E-state index in [-0.39, 0.29) is 18.3 Å². The number of nitrogens with zero attached hydrogens (tertiary/aromatic N) is 1. The molecule has 9 nitrogen and oxygen atoms in total. The van der Waals surface area contributed by atoms with Crippen LogP contribution in [0.15, 0.2) is 53.0 Å². The summed E-state index contributed by atoms with van der Waals surface area (Å²) in [5, 5.41) is 6.12. The van der Waals surface area contributed by atoms with Crippen LogP contribution in [0.2, 0.25) is 0 Å². The number of halogens is 1. The number of hydrogen-bond donors (Lipinski definition) is 3. The third kappa shape index (κ3) is 5.57. The van der Waals surface area contributed by atoms with Gasteiger partial charge in [0.15, 0.2) is 0 Å². The highest BCUT2D eigenvalue weighted by atomic mass is 79.9. The van der Waals surface area contributed by atoms with Crippen LogP contribution in [0.25, 0.3) is 10.9 Å². The summed E-state index contributed by atoms with van der Waals surface area (Å²) >= 11 is 3.42. The molecule has 1 fully saturated rings. The minimum atomic E-state index is -0.881. The zero-order valence-electron chi connectivity index (χ0n) is 18.6. The number of benzene rings is 2. The second-order valence-electron chi connectivity index (χ2n) is 7.77. The van der Waals surface area contributed by atoms with Gasteiger partial charge < -0.3 is 20.1 Å². The van der Waals surface area contributed by atoms with E-state index in [1.54, 1.807) is 42.5 Å². The van der Waals surface area contributed by atoms with Crippen molar-refractivity contribution in [1.82, 2.24) is 9.99 Å². The van der Waals surface area contributed by atoms with E-state index in [0.29, 0.717) is 35.6 Å². The van der Waals surface area contributed by atoms with E-state index in [1.165, 1.54) is 4.68 Å². The summed E-state index contributed by atoms with van der Waals surface area (Å²) in [5.41, 5.74) is 3.85. The van der Waals surface area contributed by atoms with Gasteiger partial charge in [-0.1, -0.05) is 15.9 Å². The average molecular weight is 529 g/mol. The number of rotatable bonds is 7. The van der Waals surface area contributed by atoms with Crippen LogP contribution in [0.4, 0.5) is 5.69 Å². The molecule has 0 spiro atoms. The first-order valence-electron chi connectivity index (χ1n) is 11.0. The molecule has 10 heteroatoms. The molecule has 34 heavy (non-hydrogen) atoms. The highest BCUT2D eigenvalue weighted by Crippen LogP contribution is 2.24. The summed E-state index contributed by atoms with van der Waals surface area (Å²) in [7, 11) is 0. The van der Waals surface area contributed by atoms with Crippen LogP contribution in [0, 0.1) is 0 Å². The molecule has 3 N–H and O–H groups in total. The minimum absolute atomic E-state index is 0.0861. The molecule has 3 aromatic rings. The standard InChI is InChI=1S/C24H25BrN4O5/c1-2-33-18-8-6-17(7-9-18)27-22(30)21-13-15-12-16(25)5-10-20(15)29(21)28-24(32)23(31)26-14-19-4-3-11-34-19/h5-10,12-13,19H,2-4,11,14H2,1H3,(H,26,31)(H,27,30)(H,28,32)/t19-/m1/s1. The molecule has 0 bridgehead atoms. The second kappa shape index (κ2) is 10.7. The van der Waals surface area contributed by atoms with Crippen molar-refractivity contribution in [2.45, 2.75) is 25.9 Å².